The van der Waals surface area contributed by atoms with Crippen LogP contribution in [-0.2, 0) is 0 Å². The molecule has 0 aliphatic carbocycles. The Balaban J connectivity index is 2.29. The van der Waals surface area contributed by atoms with Gasteiger partial charge in [-0.15, -0.1) is 0 Å². The molecule has 0 aliphatic rings. The fourth-order valence-electron chi connectivity index (χ4n) is 2.25. The highest BCUT2D eigenvalue weighted by Crippen LogP contribution is 2.28. The summed E-state index contributed by atoms with van der Waals surface area (Å²) in [6.07, 6.45) is 0. The average Bonchev–Trinajstić information content (AvgIpc) is 2.76. The monoisotopic (exact) mass is 304 g/mol. The van der Waals surface area contributed by atoms with Gasteiger partial charge in [-0.2, -0.15) is 0 Å². The lowest BCUT2D eigenvalue weighted by Crippen LogP contribution is -1.94. The molecule has 20 heavy (non-hydrogen) atoms. The SMILES string of the molecule is CCOc1cccc2c1[nH]c(=S)n2-c1cccc(Cl)c1. The van der Waals surface area contributed by atoms with E-state index in [9.17, 15) is 0 Å². The van der Waals surface area contributed by atoms with Crippen molar-refractivity contribution in [3.63, 3.8) is 0 Å². The number of aromatic amines is 1. The van der Waals surface area contributed by atoms with Gasteiger partial charge in [0.2, 0.25) is 0 Å². The lowest BCUT2D eigenvalue weighted by atomic mass is 10.2. The van der Waals surface area contributed by atoms with E-state index in [1.54, 1.807) is 0 Å². The van der Waals surface area contributed by atoms with E-state index < -0.39 is 0 Å². The van der Waals surface area contributed by atoms with Gasteiger partial charge in [0.05, 0.1) is 12.1 Å². The molecule has 0 spiro atoms. The molecule has 0 radical (unpaired) electrons. The van der Waals surface area contributed by atoms with Crippen molar-refractivity contribution in [3.05, 3.63) is 52.3 Å². The zero-order chi connectivity index (χ0) is 14.1. The molecule has 0 bridgehead atoms. The number of benzene rings is 2. The smallest absolute Gasteiger partial charge is 0.182 e. The highest BCUT2D eigenvalue weighted by molar-refractivity contribution is 7.71. The lowest BCUT2D eigenvalue weighted by molar-refractivity contribution is 0.343. The number of rotatable bonds is 3. The second kappa shape index (κ2) is 5.31. The Labute approximate surface area is 126 Å². The number of fused-ring (bicyclic) bond motifs is 1. The van der Waals surface area contributed by atoms with E-state index in [4.69, 9.17) is 28.6 Å². The first-order valence-electron chi connectivity index (χ1n) is 6.33. The fourth-order valence-corrected chi connectivity index (χ4v) is 2.74. The molecule has 2 aromatic carbocycles. The highest BCUT2D eigenvalue weighted by Gasteiger charge is 2.10. The van der Waals surface area contributed by atoms with E-state index in [1.165, 1.54) is 0 Å². The third kappa shape index (κ3) is 2.21. The van der Waals surface area contributed by atoms with Crippen LogP contribution in [0.3, 0.4) is 0 Å². The molecule has 0 unspecified atom stereocenters. The minimum absolute atomic E-state index is 0.613. The molecular formula is C15H13ClN2OS. The van der Waals surface area contributed by atoms with Crippen LogP contribution in [0.5, 0.6) is 5.75 Å². The third-order valence-electron chi connectivity index (χ3n) is 3.05. The molecular weight excluding hydrogens is 292 g/mol. The van der Waals surface area contributed by atoms with Gasteiger partial charge in [-0.3, -0.25) is 4.57 Å². The molecule has 5 heteroatoms. The maximum Gasteiger partial charge on any atom is 0.182 e. The molecule has 0 fully saturated rings. The van der Waals surface area contributed by atoms with Gasteiger partial charge in [-0.25, -0.2) is 0 Å². The van der Waals surface area contributed by atoms with Crippen LogP contribution in [0.2, 0.25) is 5.02 Å². The number of aromatic nitrogens is 2. The quantitative estimate of drug-likeness (QED) is 0.708. The number of hydrogen-bond donors (Lipinski definition) is 1. The van der Waals surface area contributed by atoms with Gasteiger partial charge in [0.25, 0.3) is 0 Å². The molecule has 102 valence electrons. The Bertz CT molecular complexity index is 822. The molecule has 0 saturated carbocycles. The third-order valence-corrected chi connectivity index (χ3v) is 3.57. The van der Waals surface area contributed by atoms with Crippen molar-refractivity contribution in [1.29, 1.82) is 0 Å². The molecule has 1 aromatic heterocycles. The summed E-state index contributed by atoms with van der Waals surface area (Å²) in [7, 11) is 0. The van der Waals surface area contributed by atoms with E-state index in [0.29, 0.717) is 16.4 Å². The normalized spacial score (nSPS) is 10.9. The van der Waals surface area contributed by atoms with Crippen LogP contribution in [0.1, 0.15) is 6.92 Å². The number of H-pyrrole nitrogens is 1. The number of para-hydroxylation sites is 1. The van der Waals surface area contributed by atoms with Crippen molar-refractivity contribution in [1.82, 2.24) is 9.55 Å². The number of nitrogens with one attached hydrogen (secondary N) is 1. The Hall–Kier alpha value is -1.78. The Kier molecular flexibility index (Phi) is 3.51. The standard InChI is InChI=1S/C15H13ClN2OS/c1-2-19-13-8-4-7-12-14(13)17-15(20)18(12)11-6-3-5-10(16)9-11/h3-9H,2H2,1H3,(H,17,20). The predicted molar refractivity (Wildman–Crippen MR) is 84.6 cm³/mol. The van der Waals surface area contributed by atoms with Gasteiger partial charge < -0.3 is 9.72 Å². The number of halogens is 1. The van der Waals surface area contributed by atoms with E-state index in [2.05, 4.69) is 4.98 Å². The van der Waals surface area contributed by atoms with Crippen LogP contribution in [0.4, 0.5) is 0 Å². The summed E-state index contributed by atoms with van der Waals surface area (Å²) in [6.45, 7) is 2.57. The molecule has 0 saturated heterocycles. The minimum atomic E-state index is 0.613. The number of ether oxygens (including phenoxy) is 1. The van der Waals surface area contributed by atoms with Gasteiger partial charge >= 0.3 is 0 Å². The summed E-state index contributed by atoms with van der Waals surface area (Å²) in [5.74, 6) is 0.803. The summed E-state index contributed by atoms with van der Waals surface area (Å²) < 4.78 is 8.21. The van der Waals surface area contributed by atoms with Gasteiger partial charge in [-0.05, 0) is 49.5 Å². The summed E-state index contributed by atoms with van der Waals surface area (Å²) in [5, 5.41) is 0.680. The van der Waals surface area contributed by atoms with Crippen molar-refractivity contribution in [2.24, 2.45) is 0 Å². The van der Waals surface area contributed by atoms with E-state index in [-0.39, 0.29) is 0 Å². The zero-order valence-electron chi connectivity index (χ0n) is 10.9. The molecule has 0 aliphatic heterocycles. The summed E-state index contributed by atoms with van der Waals surface area (Å²) in [5.41, 5.74) is 2.81. The van der Waals surface area contributed by atoms with Crippen molar-refractivity contribution in [2.45, 2.75) is 6.92 Å². The summed E-state index contributed by atoms with van der Waals surface area (Å²) >= 11 is 11.5. The number of hydrogen-bond acceptors (Lipinski definition) is 2. The Morgan fingerprint density at radius 2 is 2.05 bits per heavy atom. The van der Waals surface area contributed by atoms with E-state index in [0.717, 1.165) is 22.5 Å². The first-order valence-corrected chi connectivity index (χ1v) is 7.12. The first kappa shape index (κ1) is 13.2. The number of nitrogens with zero attached hydrogens (tertiary/aromatic N) is 1. The molecule has 3 nitrogen and oxygen atoms in total. The molecule has 3 aromatic rings. The second-order valence-corrected chi connectivity index (χ2v) is 5.15. The van der Waals surface area contributed by atoms with Crippen molar-refractivity contribution < 1.29 is 4.74 Å². The van der Waals surface area contributed by atoms with Crippen LogP contribution < -0.4 is 4.74 Å². The Morgan fingerprint density at radius 1 is 1.25 bits per heavy atom. The molecule has 0 amide bonds. The summed E-state index contributed by atoms with van der Waals surface area (Å²) in [6, 6.07) is 13.5. The van der Waals surface area contributed by atoms with Crippen molar-refractivity contribution in [2.75, 3.05) is 6.61 Å². The van der Waals surface area contributed by atoms with Gasteiger partial charge in [0.1, 0.15) is 11.3 Å². The largest absolute Gasteiger partial charge is 0.492 e. The van der Waals surface area contributed by atoms with Crippen LogP contribution >= 0.6 is 23.8 Å². The van der Waals surface area contributed by atoms with E-state index >= 15 is 0 Å². The van der Waals surface area contributed by atoms with Gasteiger partial charge in [0, 0.05) is 10.7 Å². The van der Waals surface area contributed by atoms with Crippen LogP contribution in [0.15, 0.2) is 42.5 Å². The average molecular weight is 305 g/mol. The molecule has 1 heterocycles. The maximum absolute atomic E-state index is 6.06. The Morgan fingerprint density at radius 3 is 2.80 bits per heavy atom. The lowest BCUT2D eigenvalue weighted by Gasteiger charge is -2.06. The second-order valence-electron chi connectivity index (χ2n) is 4.33. The highest BCUT2D eigenvalue weighted by atomic mass is 35.5. The molecule has 3 rings (SSSR count). The van der Waals surface area contributed by atoms with Crippen molar-refractivity contribution in [3.8, 4) is 11.4 Å². The maximum atomic E-state index is 6.06. The number of imidazole rings is 1. The van der Waals surface area contributed by atoms with Crippen molar-refractivity contribution >= 4 is 34.9 Å². The van der Waals surface area contributed by atoms with Gasteiger partial charge in [-0.1, -0.05) is 23.7 Å². The van der Waals surface area contributed by atoms with Crippen LogP contribution in [0.25, 0.3) is 16.7 Å². The van der Waals surface area contributed by atoms with Crippen LogP contribution in [0, 0.1) is 4.77 Å². The van der Waals surface area contributed by atoms with Gasteiger partial charge in [0.15, 0.2) is 4.77 Å². The zero-order valence-corrected chi connectivity index (χ0v) is 12.5. The minimum Gasteiger partial charge on any atom is -0.492 e. The first-order chi connectivity index (χ1) is 9.70. The molecule has 1 N–H and O–H groups in total. The van der Waals surface area contributed by atoms with Crippen LogP contribution in [-0.4, -0.2) is 16.2 Å². The fraction of sp³-hybridized carbons (Fsp3) is 0.133. The predicted octanol–water partition coefficient (Wildman–Crippen LogP) is 4.74. The topological polar surface area (TPSA) is 29.9 Å². The summed E-state index contributed by atoms with van der Waals surface area (Å²) in [4.78, 5) is 3.21. The molecule has 0 atom stereocenters. The van der Waals surface area contributed by atoms with E-state index in [1.807, 2.05) is 54.0 Å².